The summed E-state index contributed by atoms with van der Waals surface area (Å²) in [5.41, 5.74) is 1.12. The fourth-order valence-corrected chi connectivity index (χ4v) is 4.12. The van der Waals surface area contributed by atoms with Gasteiger partial charge in [0.25, 0.3) is 0 Å². The monoisotopic (exact) mass is 294 g/mol. The molecular weight excluding hydrogens is 276 g/mol. The number of nitrogens with zero attached hydrogens (tertiary/aromatic N) is 2. The number of rotatable bonds is 3. The third kappa shape index (κ3) is 3.10. The van der Waals surface area contributed by atoms with Crippen LogP contribution in [0.4, 0.5) is 0 Å². The molecule has 3 rings (SSSR count). The molecule has 0 bridgehead atoms. The number of hydrogen-bond acceptors (Lipinski definition) is 3. The minimum absolute atomic E-state index is 0.524. The first-order valence-corrected chi connectivity index (χ1v) is 8.36. The molecule has 1 aromatic carbocycles. The van der Waals surface area contributed by atoms with Crippen molar-refractivity contribution in [2.45, 2.75) is 38.3 Å². The average molecular weight is 295 g/mol. The van der Waals surface area contributed by atoms with E-state index in [-0.39, 0.29) is 0 Å². The molecule has 2 nitrogen and oxygen atoms in total. The summed E-state index contributed by atoms with van der Waals surface area (Å²) in [6.07, 6.45) is 5.17. The smallest absolute Gasteiger partial charge is 0.108 e. The van der Waals surface area contributed by atoms with E-state index in [1.807, 2.05) is 11.3 Å². The number of benzene rings is 1. The van der Waals surface area contributed by atoms with Crippen molar-refractivity contribution in [1.29, 1.82) is 0 Å². The van der Waals surface area contributed by atoms with Crippen molar-refractivity contribution in [1.82, 2.24) is 9.88 Å². The summed E-state index contributed by atoms with van der Waals surface area (Å²) in [6.45, 7) is 2.12. The lowest BCUT2D eigenvalue weighted by Gasteiger charge is -2.27. The molecule has 1 aliphatic rings. The predicted octanol–water partition coefficient (Wildman–Crippen LogP) is 4.28. The van der Waals surface area contributed by atoms with Gasteiger partial charge in [0, 0.05) is 11.9 Å². The van der Waals surface area contributed by atoms with Gasteiger partial charge in [0.2, 0.25) is 0 Å². The number of aromatic nitrogens is 1. The summed E-state index contributed by atoms with van der Waals surface area (Å²) in [6, 6.07) is 8.91. The van der Waals surface area contributed by atoms with Crippen LogP contribution in [0.2, 0.25) is 0 Å². The Bertz CT molecular complexity index is 507. The second-order valence-corrected chi connectivity index (χ2v) is 6.63. The molecule has 1 aliphatic heterocycles. The van der Waals surface area contributed by atoms with Crippen LogP contribution in [0.25, 0.3) is 10.2 Å². The fourth-order valence-electron chi connectivity index (χ4n) is 2.78. The molecule has 102 valence electrons. The topological polar surface area (TPSA) is 16.1 Å². The minimum atomic E-state index is 0.524. The maximum Gasteiger partial charge on any atom is 0.108 e. The molecule has 2 heterocycles. The molecule has 19 heavy (non-hydrogen) atoms. The Morgan fingerprint density at radius 3 is 3.00 bits per heavy atom. The van der Waals surface area contributed by atoms with Crippen LogP contribution < -0.4 is 0 Å². The van der Waals surface area contributed by atoms with Gasteiger partial charge in [-0.15, -0.1) is 22.9 Å². The van der Waals surface area contributed by atoms with Crippen LogP contribution in [0.3, 0.4) is 0 Å². The number of fused-ring (bicyclic) bond motifs is 1. The molecule has 0 saturated carbocycles. The predicted molar refractivity (Wildman–Crippen MR) is 83.0 cm³/mol. The third-order valence-corrected chi connectivity index (χ3v) is 5.23. The van der Waals surface area contributed by atoms with E-state index in [4.69, 9.17) is 16.6 Å². The number of halogens is 1. The zero-order chi connectivity index (χ0) is 13.1. The summed E-state index contributed by atoms with van der Waals surface area (Å²) in [5, 5.41) is 1.22. The molecule has 0 radical (unpaired) electrons. The maximum atomic E-state index is 6.13. The normalized spacial score (nSPS) is 21.6. The molecule has 2 aromatic rings. The van der Waals surface area contributed by atoms with Gasteiger partial charge in [0.05, 0.1) is 16.8 Å². The SMILES string of the molecule is ClCC1CCCCCN1Cc1nc2ccccc2s1. The summed E-state index contributed by atoms with van der Waals surface area (Å²) in [4.78, 5) is 7.27. The van der Waals surface area contributed by atoms with E-state index in [1.54, 1.807) is 0 Å². The van der Waals surface area contributed by atoms with E-state index in [9.17, 15) is 0 Å². The van der Waals surface area contributed by atoms with Crippen molar-refractivity contribution in [3.63, 3.8) is 0 Å². The fraction of sp³-hybridized carbons (Fsp3) is 0.533. The minimum Gasteiger partial charge on any atom is -0.293 e. The van der Waals surface area contributed by atoms with Gasteiger partial charge in [-0.3, -0.25) is 4.90 Å². The van der Waals surface area contributed by atoms with Gasteiger partial charge in [-0.05, 0) is 31.5 Å². The molecule has 1 atom stereocenters. The second kappa shape index (κ2) is 6.21. The summed E-state index contributed by atoms with van der Waals surface area (Å²) >= 11 is 7.95. The average Bonchev–Trinajstić information content (AvgIpc) is 2.70. The molecule has 1 unspecified atom stereocenters. The van der Waals surface area contributed by atoms with Gasteiger partial charge in [0.15, 0.2) is 0 Å². The highest BCUT2D eigenvalue weighted by Gasteiger charge is 2.21. The molecule has 0 spiro atoms. The highest BCUT2D eigenvalue weighted by molar-refractivity contribution is 7.18. The third-order valence-electron chi connectivity index (χ3n) is 3.85. The van der Waals surface area contributed by atoms with E-state index >= 15 is 0 Å². The van der Waals surface area contributed by atoms with Crippen LogP contribution in [0, 0.1) is 0 Å². The first-order chi connectivity index (χ1) is 9.36. The quantitative estimate of drug-likeness (QED) is 0.786. The van der Waals surface area contributed by atoms with Crippen molar-refractivity contribution in [3.05, 3.63) is 29.3 Å². The number of alkyl halides is 1. The van der Waals surface area contributed by atoms with Gasteiger partial charge in [-0.2, -0.15) is 0 Å². The Labute approximate surface area is 123 Å². The lowest BCUT2D eigenvalue weighted by molar-refractivity contribution is 0.207. The Balaban J connectivity index is 1.78. The number of hydrogen-bond donors (Lipinski definition) is 0. The van der Waals surface area contributed by atoms with Gasteiger partial charge in [-0.25, -0.2) is 4.98 Å². The largest absolute Gasteiger partial charge is 0.293 e. The van der Waals surface area contributed by atoms with Gasteiger partial charge >= 0.3 is 0 Å². The molecule has 1 aromatic heterocycles. The van der Waals surface area contributed by atoms with Crippen molar-refractivity contribution >= 4 is 33.2 Å². The Morgan fingerprint density at radius 2 is 2.16 bits per heavy atom. The summed E-state index contributed by atoms with van der Waals surface area (Å²) in [5.74, 6) is 0.741. The highest BCUT2D eigenvalue weighted by atomic mass is 35.5. The Morgan fingerprint density at radius 1 is 1.26 bits per heavy atom. The van der Waals surface area contributed by atoms with Crippen LogP contribution in [-0.2, 0) is 6.54 Å². The van der Waals surface area contributed by atoms with Crippen molar-refractivity contribution in [2.75, 3.05) is 12.4 Å². The van der Waals surface area contributed by atoms with Crippen molar-refractivity contribution < 1.29 is 0 Å². The van der Waals surface area contributed by atoms with E-state index < -0.39 is 0 Å². The van der Waals surface area contributed by atoms with Crippen LogP contribution in [0.15, 0.2) is 24.3 Å². The zero-order valence-electron chi connectivity index (χ0n) is 11.0. The molecule has 0 amide bonds. The van der Waals surface area contributed by atoms with Gasteiger partial charge in [-0.1, -0.05) is 25.0 Å². The van der Waals surface area contributed by atoms with E-state index in [1.165, 1.54) is 35.4 Å². The molecule has 1 saturated heterocycles. The highest BCUT2D eigenvalue weighted by Crippen LogP contribution is 2.25. The number of thiazole rings is 1. The maximum absolute atomic E-state index is 6.13. The van der Waals surface area contributed by atoms with Crippen LogP contribution in [0.1, 0.15) is 30.7 Å². The lowest BCUT2D eigenvalue weighted by Crippen LogP contribution is -2.35. The van der Waals surface area contributed by atoms with E-state index in [2.05, 4.69) is 29.2 Å². The van der Waals surface area contributed by atoms with Crippen molar-refractivity contribution in [2.24, 2.45) is 0 Å². The molecule has 0 N–H and O–H groups in total. The number of likely N-dealkylation sites (tertiary alicyclic amines) is 1. The van der Waals surface area contributed by atoms with E-state index in [0.29, 0.717) is 6.04 Å². The van der Waals surface area contributed by atoms with Gasteiger partial charge in [0.1, 0.15) is 5.01 Å². The molecule has 0 aliphatic carbocycles. The van der Waals surface area contributed by atoms with Crippen LogP contribution in [0.5, 0.6) is 0 Å². The van der Waals surface area contributed by atoms with Gasteiger partial charge < -0.3 is 0 Å². The van der Waals surface area contributed by atoms with Crippen LogP contribution in [-0.4, -0.2) is 28.4 Å². The summed E-state index contributed by atoms with van der Waals surface area (Å²) < 4.78 is 1.29. The zero-order valence-corrected chi connectivity index (χ0v) is 12.6. The standard InChI is InChI=1S/C15H19ClN2S/c16-10-12-6-2-1-5-9-18(12)11-15-17-13-7-3-4-8-14(13)19-15/h3-4,7-8,12H,1-2,5-6,9-11H2. The van der Waals surface area contributed by atoms with E-state index in [0.717, 1.165) is 24.5 Å². The molecule has 1 fully saturated rings. The van der Waals surface area contributed by atoms with Crippen molar-refractivity contribution in [3.8, 4) is 0 Å². The lowest BCUT2D eigenvalue weighted by atomic mass is 10.1. The first-order valence-electron chi connectivity index (χ1n) is 7.01. The number of para-hydroxylation sites is 1. The Hall–Kier alpha value is -0.640. The first kappa shape index (κ1) is 13.3. The van der Waals surface area contributed by atoms with Crippen LogP contribution >= 0.6 is 22.9 Å². The Kier molecular flexibility index (Phi) is 4.36. The molecule has 4 heteroatoms. The molecular formula is C15H19ClN2S. The summed E-state index contributed by atoms with van der Waals surface area (Å²) in [7, 11) is 0. The second-order valence-electron chi connectivity index (χ2n) is 5.20.